The third kappa shape index (κ3) is 5.04. The maximum absolute atomic E-state index is 12.2. The van der Waals surface area contributed by atoms with Crippen molar-refractivity contribution >= 4 is 5.91 Å². The Hall–Kier alpha value is -0.650. The summed E-state index contributed by atoms with van der Waals surface area (Å²) in [4.78, 5) is 16.4. The Balaban J connectivity index is 2.45. The molecule has 1 saturated heterocycles. The van der Waals surface area contributed by atoms with Crippen LogP contribution in [0.3, 0.4) is 0 Å². The fourth-order valence-corrected chi connectivity index (χ4v) is 2.91. The molecule has 1 heterocycles. The van der Waals surface area contributed by atoms with E-state index in [2.05, 4.69) is 4.90 Å². The molecule has 20 heavy (non-hydrogen) atoms. The SMILES string of the molecule is CCOC1CCN(C(CN)CC(=O)N(CC)CC)CC1. The molecule has 0 spiro atoms. The van der Waals surface area contributed by atoms with Crippen LogP contribution in [-0.2, 0) is 9.53 Å². The first-order chi connectivity index (χ1) is 9.65. The molecule has 1 rings (SSSR count). The summed E-state index contributed by atoms with van der Waals surface area (Å²) < 4.78 is 5.67. The van der Waals surface area contributed by atoms with Gasteiger partial charge in [0.2, 0.25) is 5.91 Å². The number of likely N-dealkylation sites (tertiary alicyclic amines) is 1. The van der Waals surface area contributed by atoms with Crippen molar-refractivity contribution in [3.63, 3.8) is 0 Å². The minimum Gasteiger partial charge on any atom is -0.378 e. The molecular weight excluding hydrogens is 254 g/mol. The molecule has 0 aliphatic carbocycles. The van der Waals surface area contributed by atoms with E-state index < -0.39 is 0 Å². The molecular formula is C15H31N3O2. The van der Waals surface area contributed by atoms with E-state index in [4.69, 9.17) is 10.5 Å². The van der Waals surface area contributed by atoms with Crippen molar-refractivity contribution < 1.29 is 9.53 Å². The van der Waals surface area contributed by atoms with Gasteiger partial charge >= 0.3 is 0 Å². The van der Waals surface area contributed by atoms with Gasteiger partial charge < -0.3 is 15.4 Å². The van der Waals surface area contributed by atoms with E-state index in [0.717, 1.165) is 45.6 Å². The Kier molecular flexibility index (Phi) is 8.11. The number of carbonyl (C=O) groups excluding carboxylic acids is 1. The zero-order valence-electron chi connectivity index (χ0n) is 13.3. The normalized spacial score (nSPS) is 19.0. The monoisotopic (exact) mass is 285 g/mol. The lowest BCUT2D eigenvalue weighted by Gasteiger charge is -2.37. The highest BCUT2D eigenvalue weighted by molar-refractivity contribution is 5.76. The summed E-state index contributed by atoms with van der Waals surface area (Å²) in [6.45, 7) is 10.9. The standard InChI is InChI=1S/C15H31N3O2/c1-4-17(5-2)15(19)11-13(12-16)18-9-7-14(8-10-18)20-6-3/h13-14H,4-12,16H2,1-3H3. The van der Waals surface area contributed by atoms with Crippen LogP contribution < -0.4 is 5.73 Å². The highest BCUT2D eigenvalue weighted by atomic mass is 16.5. The molecule has 0 aromatic carbocycles. The number of ether oxygens (including phenoxy) is 1. The smallest absolute Gasteiger partial charge is 0.224 e. The summed E-state index contributed by atoms with van der Waals surface area (Å²) in [5.74, 6) is 0.220. The molecule has 0 radical (unpaired) electrons. The number of amides is 1. The summed E-state index contributed by atoms with van der Waals surface area (Å²) in [5, 5.41) is 0. The van der Waals surface area contributed by atoms with E-state index in [1.807, 2.05) is 25.7 Å². The zero-order chi connectivity index (χ0) is 15.0. The zero-order valence-corrected chi connectivity index (χ0v) is 13.3. The van der Waals surface area contributed by atoms with Gasteiger partial charge in [0.1, 0.15) is 0 Å². The van der Waals surface area contributed by atoms with Gasteiger partial charge in [-0.15, -0.1) is 0 Å². The highest BCUT2D eigenvalue weighted by Gasteiger charge is 2.26. The van der Waals surface area contributed by atoms with Gasteiger partial charge in [-0.25, -0.2) is 0 Å². The van der Waals surface area contributed by atoms with Crippen molar-refractivity contribution in [1.29, 1.82) is 0 Å². The van der Waals surface area contributed by atoms with Crippen LogP contribution in [0.5, 0.6) is 0 Å². The molecule has 2 N–H and O–H groups in total. The van der Waals surface area contributed by atoms with Gasteiger partial charge in [0, 0.05) is 51.8 Å². The van der Waals surface area contributed by atoms with Crippen LogP contribution in [0.1, 0.15) is 40.0 Å². The largest absolute Gasteiger partial charge is 0.378 e. The molecule has 1 unspecified atom stereocenters. The first-order valence-electron chi connectivity index (χ1n) is 7.99. The van der Waals surface area contributed by atoms with Crippen molar-refractivity contribution in [1.82, 2.24) is 9.80 Å². The van der Waals surface area contributed by atoms with Crippen molar-refractivity contribution in [3.05, 3.63) is 0 Å². The van der Waals surface area contributed by atoms with Crippen LogP contribution in [-0.4, -0.2) is 67.2 Å². The van der Waals surface area contributed by atoms with E-state index in [9.17, 15) is 4.79 Å². The molecule has 118 valence electrons. The predicted octanol–water partition coefficient (Wildman–Crippen LogP) is 1.07. The van der Waals surface area contributed by atoms with E-state index in [1.165, 1.54) is 0 Å². The first kappa shape index (κ1) is 17.4. The van der Waals surface area contributed by atoms with Gasteiger partial charge in [-0.05, 0) is 33.6 Å². The van der Waals surface area contributed by atoms with Gasteiger partial charge in [0.25, 0.3) is 0 Å². The third-order valence-electron chi connectivity index (χ3n) is 4.19. The number of rotatable bonds is 8. The average Bonchev–Trinajstić information content (AvgIpc) is 2.47. The van der Waals surface area contributed by atoms with Crippen molar-refractivity contribution in [3.8, 4) is 0 Å². The molecule has 1 atom stereocenters. The van der Waals surface area contributed by atoms with Crippen LogP contribution >= 0.6 is 0 Å². The van der Waals surface area contributed by atoms with Crippen molar-refractivity contribution in [2.24, 2.45) is 5.73 Å². The highest BCUT2D eigenvalue weighted by Crippen LogP contribution is 2.17. The van der Waals surface area contributed by atoms with Crippen molar-refractivity contribution in [2.75, 3.05) is 39.3 Å². The molecule has 0 bridgehead atoms. The van der Waals surface area contributed by atoms with Crippen LogP contribution in [0.25, 0.3) is 0 Å². The lowest BCUT2D eigenvalue weighted by Crippen LogP contribution is -2.49. The summed E-state index contributed by atoms with van der Waals surface area (Å²) in [6.07, 6.45) is 3.01. The first-order valence-corrected chi connectivity index (χ1v) is 7.99. The molecule has 0 aromatic heterocycles. The lowest BCUT2D eigenvalue weighted by atomic mass is 10.0. The summed E-state index contributed by atoms with van der Waals surface area (Å²) >= 11 is 0. The van der Waals surface area contributed by atoms with E-state index in [1.54, 1.807) is 0 Å². The van der Waals surface area contributed by atoms with Crippen LogP contribution in [0.4, 0.5) is 0 Å². The molecule has 1 aliphatic rings. The number of piperidine rings is 1. The fraction of sp³-hybridized carbons (Fsp3) is 0.933. The predicted molar refractivity (Wildman–Crippen MR) is 81.6 cm³/mol. The topological polar surface area (TPSA) is 58.8 Å². The van der Waals surface area contributed by atoms with Gasteiger partial charge in [-0.3, -0.25) is 9.69 Å². The Morgan fingerprint density at radius 3 is 2.35 bits per heavy atom. The van der Waals surface area contributed by atoms with Gasteiger partial charge in [0.15, 0.2) is 0 Å². The van der Waals surface area contributed by atoms with Crippen LogP contribution in [0.2, 0.25) is 0 Å². The molecule has 1 fully saturated rings. The third-order valence-corrected chi connectivity index (χ3v) is 4.19. The Labute approximate surface area is 123 Å². The summed E-state index contributed by atoms with van der Waals surface area (Å²) in [5.41, 5.74) is 5.88. The van der Waals surface area contributed by atoms with E-state index in [0.29, 0.717) is 19.1 Å². The maximum atomic E-state index is 12.2. The molecule has 1 aliphatic heterocycles. The second-order valence-electron chi connectivity index (χ2n) is 5.35. The number of carbonyl (C=O) groups is 1. The van der Waals surface area contributed by atoms with Crippen molar-refractivity contribution in [2.45, 2.75) is 52.2 Å². The minimum atomic E-state index is 0.172. The summed E-state index contributed by atoms with van der Waals surface area (Å²) in [7, 11) is 0. The molecule has 5 heteroatoms. The second-order valence-corrected chi connectivity index (χ2v) is 5.35. The lowest BCUT2D eigenvalue weighted by molar-refractivity contribution is -0.132. The van der Waals surface area contributed by atoms with Gasteiger partial charge in [-0.2, -0.15) is 0 Å². The maximum Gasteiger partial charge on any atom is 0.224 e. The second kappa shape index (κ2) is 9.32. The number of nitrogens with two attached hydrogens (primary N) is 1. The van der Waals surface area contributed by atoms with Gasteiger partial charge in [0.05, 0.1) is 6.10 Å². The minimum absolute atomic E-state index is 0.172. The van der Waals surface area contributed by atoms with Crippen LogP contribution in [0, 0.1) is 0 Å². The molecule has 5 nitrogen and oxygen atoms in total. The van der Waals surface area contributed by atoms with E-state index >= 15 is 0 Å². The average molecular weight is 285 g/mol. The molecule has 0 aromatic rings. The van der Waals surface area contributed by atoms with Crippen LogP contribution in [0.15, 0.2) is 0 Å². The quantitative estimate of drug-likeness (QED) is 0.725. The van der Waals surface area contributed by atoms with Gasteiger partial charge in [-0.1, -0.05) is 0 Å². The fourth-order valence-electron chi connectivity index (χ4n) is 2.91. The Bertz CT molecular complexity index is 274. The number of nitrogens with zero attached hydrogens (tertiary/aromatic N) is 2. The van der Waals surface area contributed by atoms with E-state index in [-0.39, 0.29) is 11.9 Å². The molecule has 0 saturated carbocycles. The number of hydrogen-bond donors (Lipinski definition) is 1. The Morgan fingerprint density at radius 1 is 1.30 bits per heavy atom. The Morgan fingerprint density at radius 2 is 1.90 bits per heavy atom. The number of hydrogen-bond acceptors (Lipinski definition) is 4. The molecule has 1 amide bonds. The summed E-state index contributed by atoms with van der Waals surface area (Å²) in [6, 6.07) is 0.172.